The fraction of sp³-hybridized carbons (Fsp3) is 1.00. The Morgan fingerprint density at radius 3 is 2.50 bits per heavy atom. The number of nitrogens with two attached hydrogens (primary N) is 1. The molecule has 0 radical (unpaired) electrons. The van der Waals surface area contributed by atoms with Gasteiger partial charge in [0.2, 0.25) is 0 Å². The molecular formula is C11H21N. The van der Waals surface area contributed by atoms with Crippen LogP contribution >= 0.6 is 0 Å². The summed E-state index contributed by atoms with van der Waals surface area (Å²) in [5.74, 6) is 2.68. The maximum absolute atomic E-state index is 6.27. The van der Waals surface area contributed by atoms with Crippen LogP contribution in [0.15, 0.2) is 0 Å². The molecule has 1 nitrogen and oxygen atoms in total. The van der Waals surface area contributed by atoms with Crippen LogP contribution in [-0.2, 0) is 0 Å². The van der Waals surface area contributed by atoms with Gasteiger partial charge < -0.3 is 5.73 Å². The second-order valence-electron chi connectivity index (χ2n) is 5.27. The van der Waals surface area contributed by atoms with Gasteiger partial charge in [-0.2, -0.15) is 0 Å². The molecule has 0 aromatic carbocycles. The van der Waals surface area contributed by atoms with E-state index >= 15 is 0 Å². The third-order valence-corrected chi connectivity index (χ3v) is 3.70. The van der Waals surface area contributed by atoms with Crippen molar-refractivity contribution in [1.82, 2.24) is 0 Å². The van der Waals surface area contributed by atoms with E-state index in [-0.39, 0.29) is 5.54 Å². The van der Waals surface area contributed by atoms with Gasteiger partial charge in [-0.1, -0.05) is 26.7 Å². The lowest BCUT2D eigenvalue weighted by Crippen LogP contribution is -2.26. The summed E-state index contributed by atoms with van der Waals surface area (Å²) in [7, 11) is 0. The summed E-state index contributed by atoms with van der Waals surface area (Å²) in [5, 5.41) is 0. The van der Waals surface area contributed by atoms with Gasteiger partial charge in [0.15, 0.2) is 0 Å². The summed E-state index contributed by atoms with van der Waals surface area (Å²) in [5.41, 5.74) is 6.53. The van der Waals surface area contributed by atoms with Gasteiger partial charge in [-0.15, -0.1) is 0 Å². The van der Waals surface area contributed by atoms with E-state index in [1.54, 1.807) is 0 Å². The van der Waals surface area contributed by atoms with Gasteiger partial charge in [-0.05, 0) is 37.0 Å². The Morgan fingerprint density at radius 2 is 2.08 bits per heavy atom. The Balaban J connectivity index is 1.73. The minimum atomic E-state index is 0.261. The van der Waals surface area contributed by atoms with Crippen LogP contribution in [0, 0.1) is 17.8 Å². The molecule has 0 amide bonds. The zero-order valence-corrected chi connectivity index (χ0v) is 8.34. The van der Waals surface area contributed by atoms with Crippen molar-refractivity contribution < 1.29 is 0 Å². The van der Waals surface area contributed by atoms with Crippen molar-refractivity contribution in [2.75, 3.05) is 0 Å². The van der Waals surface area contributed by atoms with E-state index in [4.69, 9.17) is 5.73 Å². The monoisotopic (exact) mass is 167 g/mol. The van der Waals surface area contributed by atoms with Gasteiger partial charge in [-0.25, -0.2) is 0 Å². The summed E-state index contributed by atoms with van der Waals surface area (Å²) in [6.07, 6.45) is 6.93. The Bertz CT molecular complexity index is 172. The topological polar surface area (TPSA) is 26.0 Å². The van der Waals surface area contributed by atoms with E-state index < -0.39 is 0 Å². The average Bonchev–Trinajstić information content (AvgIpc) is 2.79. The zero-order valence-electron chi connectivity index (χ0n) is 8.34. The maximum atomic E-state index is 6.27. The van der Waals surface area contributed by atoms with Crippen LogP contribution in [0.1, 0.15) is 46.0 Å². The van der Waals surface area contributed by atoms with E-state index in [2.05, 4.69) is 13.8 Å². The molecule has 2 saturated carbocycles. The van der Waals surface area contributed by atoms with Crippen LogP contribution < -0.4 is 5.73 Å². The van der Waals surface area contributed by atoms with E-state index in [0.29, 0.717) is 0 Å². The minimum absolute atomic E-state index is 0.261. The molecule has 2 unspecified atom stereocenters. The van der Waals surface area contributed by atoms with E-state index in [9.17, 15) is 0 Å². The molecule has 0 bridgehead atoms. The van der Waals surface area contributed by atoms with Crippen molar-refractivity contribution in [3.8, 4) is 0 Å². The highest BCUT2D eigenvalue weighted by Gasteiger charge is 2.51. The van der Waals surface area contributed by atoms with Gasteiger partial charge in [0.25, 0.3) is 0 Å². The third kappa shape index (κ3) is 1.66. The molecule has 1 heteroatoms. The Hall–Kier alpha value is -0.0400. The first-order valence-corrected chi connectivity index (χ1v) is 5.41. The molecular weight excluding hydrogens is 146 g/mol. The third-order valence-electron chi connectivity index (χ3n) is 3.70. The molecule has 2 aliphatic carbocycles. The van der Waals surface area contributed by atoms with Crippen molar-refractivity contribution in [2.24, 2.45) is 23.5 Å². The van der Waals surface area contributed by atoms with Crippen molar-refractivity contribution in [3.63, 3.8) is 0 Å². The molecule has 2 aliphatic rings. The van der Waals surface area contributed by atoms with Gasteiger partial charge in [0.05, 0.1) is 0 Å². The first kappa shape index (κ1) is 8.55. The predicted molar refractivity (Wildman–Crippen MR) is 51.8 cm³/mol. The molecule has 70 valence electrons. The largest absolute Gasteiger partial charge is 0.325 e. The van der Waals surface area contributed by atoms with Crippen LogP contribution in [-0.4, -0.2) is 5.54 Å². The average molecular weight is 167 g/mol. The van der Waals surface area contributed by atoms with Gasteiger partial charge in [-0.3, -0.25) is 0 Å². The fourth-order valence-electron chi connectivity index (χ4n) is 2.42. The SMILES string of the molecule is CC(C)C1CC1(N)CCC1CC1. The first-order chi connectivity index (χ1) is 5.62. The van der Waals surface area contributed by atoms with E-state index in [1.807, 2.05) is 0 Å². The van der Waals surface area contributed by atoms with Crippen molar-refractivity contribution in [1.29, 1.82) is 0 Å². The summed E-state index contributed by atoms with van der Waals surface area (Å²) in [6, 6.07) is 0. The van der Waals surface area contributed by atoms with E-state index in [1.165, 1.54) is 32.1 Å². The highest BCUT2D eigenvalue weighted by atomic mass is 14.9. The van der Waals surface area contributed by atoms with Crippen molar-refractivity contribution >= 4 is 0 Å². The van der Waals surface area contributed by atoms with Crippen LogP contribution in [0.3, 0.4) is 0 Å². The lowest BCUT2D eigenvalue weighted by molar-refractivity contribution is 0.439. The molecule has 12 heavy (non-hydrogen) atoms. The van der Waals surface area contributed by atoms with Gasteiger partial charge >= 0.3 is 0 Å². The summed E-state index contributed by atoms with van der Waals surface area (Å²) >= 11 is 0. The van der Waals surface area contributed by atoms with Crippen molar-refractivity contribution in [2.45, 2.75) is 51.5 Å². The highest BCUT2D eigenvalue weighted by molar-refractivity contribution is 5.09. The minimum Gasteiger partial charge on any atom is -0.325 e. The quantitative estimate of drug-likeness (QED) is 0.684. The fourth-order valence-corrected chi connectivity index (χ4v) is 2.42. The summed E-state index contributed by atoms with van der Waals surface area (Å²) < 4.78 is 0. The summed E-state index contributed by atoms with van der Waals surface area (Å²) in [6.45, 7) is 4.60. The molecule has 0 saturated heterocycles. The number of hydrogen-bond acceptors (Lipinski definition) is 1. The van der Waals surface area contributed by atoms with Crippen LogP contribution in [0.25, 0.3) is 0 Å². The molecule has 0 heterocycles. The smallest absolute Gasteiger partial charge is 0.0189 e. The zero-order chi connectivity index (χ0) is 8.77. The molecule has 2 atom stereocenters. The first-order valence-electron chi connectivity index (χ1n) is 5.41. The number of rotatable bonds is 4. The molecule has 2 N–H and O–H groups in total. The molecule has 2 rings (SSSR count). The number of hydrogen-bond donors (Lipinski definition) is 1. The summed E-state index contributed by atoms with van der Waals surface area (Å²) in [4.78, 5) is 0. The standard InChI is InChI=1S/C11H21N/c1-8(2)10-7-11(10,12)6-5-9-3-4-9/h8-10H,3-7,12H2,1-2H3. The van der Waals surface area contributed by atoms with Gasteiger partial charge in [0.1, 0.15) is 0 Å². The Labute approximate surface area is 75.7 Å². The second kappa shape index (κ2) is 2.73. The van der Waals surface area contributed by atoms with Gasteiger partial charge in [0, 0.05) is 5.54 Å². The normalized spacial score (nSPS) is 40.5. The molecule has 0 aromatic heterocycles. The van der Waals surface area contributed by atoms with Crippen LogP contribution in [0.5, 0.6) is 0 Å². The Morgan fingerprint density at radius 1 is 1.42 bits per heavy atom. The molecule has 0 aliphatic heterocycles. The van der Waals surface area contributed by atoms with Crippen LogP contribution in [0.2, 0.25) is 0 Å². The Kier molecular flexibility index (Phi) is 1.95. The molecule has 0 aromatic rings. The lowest BCUT2D eigenvalue weighted by Gasteiger charge is -2.12. The maximum Gasteiger partial charge on any atom is 0.0189 e. The second-order valence-corrected chi connectivity index (χ2v) is 5.27. The highest BCUT2D eigenvalue weighted by Crippen LogP contribution is 2.51. The molecule has 2 fully saturated rings. The lowest BCUT2D eigenvalue weighted by atomic mass is 9.99. The molecule has 0 spiro atoms. The van der Waals surface area contributed by atoms with E-state index in [0.717, 1.165) is 17.8 Å². The van der Waals surface area contributed by atoms with Crippen LogP contribution in [0.4, 0.5) is 0 Å². The van der Waals surface area contributed by atoms with Crippen molar-refractivity contribution in [3.05, 3.63) is 0 Å². The predicted octanol–water partition coefficient (Wildman–Crippen LogP) is 2.55.